The zero-order valence-electron chi connectivity index (χ0n) is 17.4. The van der Waals surface area contributed by atoms with Crippen molar-refractivity contribution in [3.05, 3.63) is 82.4 Å². The molecule has 2 heterocycles. The van der Waals surface area contributed by atoms with E-state index in [2.05, 4.69) is 32.5 Å². The average Bonchev–Trinajstić information content (AvgIpc) is 3.17. The molecule has 0 aliphatic rings. The van der Waals surface area contributed by atoms with Crippen LogP contribution in [0.1, 0.15) is 18.9 Å². The van der Waals surface area contributed by atoms with Gasteiger partial charge in [0.05, 0.1) is 11.3 Å². The Balaban J connectivity index is 1.44. The first kappa shape index (κ1) is 21.8. The van der Waals surface area contributed by atoms with Crippen molar-refractivity contribution in [2.75, 3.05) is 5.75 Å². The highest BCUT2D eigenvalue weighted by Gasteiger charge is 2.16. The molecule has 0 saturated carbocycles. The first-order valence-corrected chi connectivity index (χ1v) is 11.2. The summed E-state index contributed by atoms with van der Waals surface area (Å²) in [7, 11) is 0. The summed E-state index contributed by atoms with van der Waals surface area (Å²) in [6, 6.07) is 17.6. The van der Waals surface area contributed by atoms with E-state index in [9.17, 15) is 14.0 Å². The van der Waals surface area contributed by atoms with E-state index in [0.29, 0.717) is 10.8 Å². The number of rotatable bonds is 8. The van der Waals surface area contributed by atoms with Gasteiger partial charge in [0.2, 0.25) is 5.91 Å². The van der Waals surface area contributed by atoms with E-state index in [-0.39, 0.29) is 34.6 Å². The summed E-state index contributed by atoms with van der Waals surface area (Å²) in [5.74, 6) is -0.361. The minimum atomic E-state index is -0.462. The summed E-state index contributed by atoms with van der Waals surface area (Å²) >= 11 is 1.15. The molecule has 164 valence electrons. The molecule has 0 aliphatic heterocycles. The second-order valence-electron chi connectivity index (χ2n) is 7.41. The number of carbonyl (C=O) groups is 1. The van der Waals surface area contributed by atoms with Gasteiger partial charge in [0, 0.05) is 12.1 Å². The number of aryl methyl sites for hydroxylation is 1. The normalized spacial score (nSPS) is 12.1. The molecule has 0 saturated heterocycles. The first-order chi connectivity index (χ1) is 15.5. The van der Waals surface area contributed by atoms with E-state index in [1.807, 2.05) is 25.1 Å². The maximum Gasteiger partial charge on any atom is 0.266 e. The quantitative estimate of drug-likeness (QED) is 0.401. The number of hydrogen-bond donors (Lipinski definition) is 2. The third-order valence-corrected chi connectivity index (χ3v) is 5.83. The lowest BCUT2D eigenvalue weighted by molar-refractivity contribution is -0.119. The number of nitrogens with zero attached hydrogens (tertiary/aromatic N) is 3. The fourth-order valence-electron chi connectivity index (χ4n) is 3.29. The van der Waals surface area contributed by atoms with Crippen molar-refractivity contribution in [3.8, 4) is 11.4 Å². The van der Waals surface area contributed by atoms with E-state index in [1.54, 1.807) is 18.2 Å². The van der Waals surface area contributed by atoms with Crippen LogP contribution < -0.4 is 10.9 Å². The van der Waals surface area contributed by atoms with E-state index in [1.165, 1.54) is 22.2 Å². The number of benzene rings is 2. The molecule has 1 atom stereocenters. The number of thioether (sulfide) groups is 1. The number of halogens is 1. The van der Waals surface area contributed by atoms with Crippen molar-refractivity contribution in [2.24, 2.45) is 0 Å². The van der Waals surface area contributed by atoms with Gasteiger partial charge in [-0.25, -0.2) is 18.9 Å². The van der Waals surface area contributed by atoms with Gasteiger partial charge in [0.25, 0.3) is 5.56 Å². The summed E-state index contributed by atoms with van der Waals surface area (Å²) in [5, 5.41) is 5.95. The monoisotopic (exact) mass is 451 g/mol. The lowest BCUT2D eigenvalue weighted by atomic mass is 10.1. The van der Waals surface area contributed by atoms with Gasteiger partial charge in [0.1, 0.15) is 5.82 Å². The van der Waals surface area contributed by atoms with Crippen LogP contribution in [0.3, 0.4) is 0 Å². The summed E-state index contributed by atoms with van der Waals surface area (Å²) < 4.78 is 15.6. The number of aromatic nitrogens is 4. The molecule has 4 aromatic rings. The molecule has 0 unspecified atom stereocenters. The fraction of sp³-hybridized carbons (Fsp3) is 0.217. The Kier molecular flexibility index (Phi) is 6.65. The molecule has 2 aromatic heterocycles. The Morgan fingerprint density at radius 1 is 1.16 bits per heavy atom. The first-order valence-electron chi connectivity index (χ1n) is 10.2. The van der Waals surface area contributed by atoms with Gasteiger partial charge in [-0.1, -0.05) is 54.2 Å². The van der Waals surface area contributed by atoms with Crippen molar-refractivity contribution in [2.45, 2.75) is 31.0 Å². The maximum absolute atomic E-state index is 14.2. The minimum Gasteiger partial charge on any atom is -0.353 e. The second-order valence-corrected chi connectivity index (χ2v) is 8.35. The van der Waals surface area contributed by atoms with Gasteiger partial charge in [0.15, 0.2) is 16.6 Å². The van der Waals surface area contributed by atoms with Gasteiger partial charge < -0.3 is 5.32 Å². The Morgan fingerprint density at radius 3 is 2.69 bits per heavy atom. The zero-order valence-corrected chi connectivity index (χ0v) is 18.2. The predicted molar refractivity (Wildman–Crippen MR) is 122 cm³/mol. The van der Waals surface area contributed by atoms with Crippen molar-refractivity contribution in [1.29, 1.82) is 0 Å². The molecule has 32 heavy (non-hydrogen) atoms. The van der Waals surface area contributed by atoms with E-state index in [0.717, 1.165) is 24.6 Å². The Bertz CT molecular complexity index is 1290. The lowest BCUT2D eigenvalue weighted by Gasteiger charge is -2.14. The number of H-pyrrole nitrogens is 1. The Hall–Kier alpha value is -3.46. The van der Waals surface area contributed by atoms with Crippen molar-refractivity contribution in [1.82, 2.24) is 24.9 Å². The third-order valence-electron chi connectivity index (χ3n) is 4.89. The predicted octanol–water partition coefficient (Wildman–Crippen LogP) is 3.45. The van der Waals surface area contributed by atoms with Crippen LogP contribution in [0.15, 0.2) is 70.6 Å². The minimum absolute atomic E-state index is 0.00841. The van der Waals surface area contributed by atoms with Gasteiger partial charge in [-0.3, -0.25) is 14.7 Å². The van der Waals surface area contributed by atoms with Crippen molar-refractivity contribution < 1.29 is 9.18 Å². The smallest absolute Gasteiger partial charge is 0.266 e. The molecule has 0 spiro atoms. The van der Waals surface area contributed by atoms with Gasteiger partial charge in [-0.15, -0.1) is 0 Å². The number of hydrogen-bond acceptors (Lipinski definition) is 5. The molecule has 2 N–H and O–H groups in total. The molecule has 1 amide bonds. The highest BCUT2D eigenvalue weighted by molar-refractivity contribution is 7.99. The van der Waals surface area contributed by atoms with Crippen LogP contribution in [0.25, 0.3) is 17.0 Å². The Morgan fingerprint density at radius 2 is 1.91 bits per heavy atom. The summed E-state index contributed by atoms with van der Waals surface area (Å²) in [5.41, 5.74) is 1.40. The van der Waals surface area contributed by atoms with E-state index < -0.39 is 5.82 Å². The molecule has 9 heteroatoms. The summed E-state index contributed by atoms with van der Waals surface area (Å²) in [6.45, 7) is 1.97. The molecular weight excluding hydrogens is 429 g/mol. The third kappa shape index (κ3) is 5.23. The van der Waals surface area contributed by atoms with Crippen LogP contribution in [-0.4, -0.2) is 37.3 Å². The molecule has 0 aliphatic carbocycles. The van der Waals surface area contributed by atoms with Gasteiger partial charge >= 0.3 is 0 Å². The number of fused-ring (bicyclic) bond motifs is 1. The number of amides is 1. The summed E-state index contributed by atoms with van der Waals surface area (Å²) in [6.07, 6.45) is 1.69. The second kappa shape index (κ2) is 9.78. The molecule has 4 rings (SSSR count). The van der Waals surface area contributed by atoms with Crippen LogP contribution in [0.5, 0.6) is 0 Å². The molecule has 0 radical (unpaired) electrons. The summed E-state index contributed by atoms with van der Waals surface area (Å²) in [4.78, 5) is 33.0. The van der Waals surface area contributed by atoms with Crippen LogP contribution in [0.2, 0.25) is 0 Å². The number of carbonyl (C=O) groups excluding carboxylic acids is 1. The van der Waals surface area contributed by atoms with E-state index in [4.69, 9.17) is 0 Å². The maximum atomic E-state index is 14.2. The highest BCUT2D eigenvalue weighted by atomic mass is 32.2. The largest absolute Gasteiger partial charge is 0.353 e. The number of nitrogens with one attached hydrogen (secondary N) is 2. The molecule has 7 nitrogen and oxygen atoms in total. The fourth-order valence-corrected chi connectivity index (χ4v) is 4.05. The van der Waals surface area contributed by atoms with Crippen LogP contribution in [0, 0.1) is 5.82 Å². The van der Waals surface area contributed by atoms with Crippen LogP contribution in [-0.2, 0) is 11.2 Å². The topological polar surface area (TPSA) is 92.2 Å². The zero-order chi connectivity index (χ0) is 22.5. The van der Waals surface area contributed by atoms with Crippen molar-refractivity contribution >= 4 is 23.3 Å². The van der Waals surface area contributed by atoms with Crippen LogP contribution in [0.4, 0.5) is 4.39 Å². The van der Waals surface area contributed by atoms with Crippen LogP contribution >= 0.6 is 11.8 Å². The van der Waals surface area contributed by atoms with Gasteiger partial charge in [-0.05, 0) is 37.5 Å². The molecule has 0 fully saturated rings. The number of aromatic amines is 1. The highest BCUT2D eigenvalue weighted by Crippen LogP contribution is 2.23. The van der Waals surface area contributed by atoms with E-state index >= 15 is 0 Å². The molecule has 0 bridgehead atoms. The average molecular weight is 452 g/mol. The standard InChI is InChI=1S/C23H22FN5O2S/c1-15(11-12-16-7-3-2-4-8-16)25-21(31)14-32-23-27-22(17-9-5-6-10-18(17)24)26-19-13-20(30)28-29(19)23/h2-10,13,15H,11-12,14H2,1H3,(H,25,31)(H,28,30)/t15-/m0/s1. The molecule has 2 aromatic carbocycles. The SMILES string of the molecule is C[C@@H](CCc1ccccc1)NC(=O)CSc1nc(-c2ccccc2F)nc2cc(=O)[nH]n12. The molecular formula is C23H22FN5O2S. The van der Waals surface area contributed by atoms with Gasteiger partial charge in [-0.2, -0.15) is 0 Å². The van der Waals surface area contributed by atoms with Crippen molar-refractivity contribution in [3.63, 3.8) is 0 Å². The lowest BCUT2D eigenvalue weighted by Crippen LogP contribution is -2.34. The Labute approximate surface area is 188 Å².